The van der Waals surface area contributed by atoms with Crippen LogP contribution >= 0.6 is 0 Å². The first-order chi connectivity index (χ1) is 16.8. The molecule has 2 aliphatic heterocycles. The van der Waals surface area contributed by atoms with Crippen molar-refractivity contribution in [3.8, 4) is 17.2 Å². The van der Waals surface area contributed by atoms with E-state index in [2.05, 4.69) is 59.5 Å². The van der Waals surface area contributed by atoms with Crippen LogP contribution in [0.5, 0.6) is 17.2 Å². The second-order valence-electron chi connectivity index (χ2n) is 8.69. The van der Waals surface area contributed by atoms with Crippen molar-refractivity contribution < 1.29 is 18.9 Å². The van der Waals surface area contributed by atoms with Gasteiger partial charge in [-0.25, -0.2) is 0 Å². The fourth-order valence-corrected chi connectivity index (χ4v) is 4.87. The second-order valence-corrected chi connectivity index (χ2v) is 8.69. The molecule has 34 heavy (non-hydrogen) atoms. The number of rotatable bonds is 7. The predicted molar refractivity (Wildman–Crippen MR) is 134 cm³/mol. The summed E-state index contributed by atoms with van der Waals surface area (Å²) in [7, 11) is 3.32. The minimum atomic E-state index is 0.207. The van der Waals surface area contributed by atoms with Crippen LogP contribution < -0.4 is 14.2 Å². The van der Waals surface area contributed by atoms with E-state index in [0.717, 1.165) is 56.3 Å². The summed E-state index contributed by atoms with van der Waals surface area (Å²) in [5.74, 6) is 3.43. The van der Waals surface area contributed by atoms with Gasteiger partial charge in [0.05, 0.1) is 27.4 Å². The van der Waals surface area contributed by atoms with Crippen LogP contribution in [0, 0.1) is 0 Å². The molecule has 2 heterocycles. The number of ether oxygens (including phenoxy) is 4. The summed E-state index contributed by atoms with van der Waals surface area (Å²) >= 11 is 0. The molecular formula is C29H31NO4. The van der Waals surface area contributed by atoms with E-state index in [1.165, 1.54) is 16.7 Å². The third-order valence-electron chi connectivity index (χ3n) is 6.64. The molecule has 0 bridgehead atoms. The maximum atomic E-state index is 6.64. The van der Waals surface area contributed by atoms with E-state index in [9.17, 15) is 0 Å². The molecule has 2 aliphatic rings. The molecule has 0 N–H and O–H groups in total. The third kappa shape index (κ3) is 4.67. The molecule has 5 heteroatoms. The van der Waals surface area contributed by atoms with Crippen LogP contribution in [0.2, 0.25) is 0 Å². The van der Waals surface area contributed by atoms with Crippen molar-refractivity contribution in [3.63, 3.8) is 0 Å². The first-order valence-electron chi connectivity index (χ1n) is 11.8. The van der Waals surface area contributed by atoms with Crippen molar-refractivity contribution in [2.45, 2.75) is 12.3 Å². The van der Waals surface area contributed by atoms with E-state index < -0.39 is 0 Å². The molecular weight excluding hydrogens is 426 g/mol. The summed E-state index contributed by atoms with van der Waals surface area (Å²) in [6, 6.07) is 25.2. The maximum Gasteiger partial charge on any atom is 0.161 e. The van der Waals surface area contributed by atoms with Crippen molar-refractivity contribution in [2.24, 2.45) is 0 Å². The number of methoxy groups -OCH3 is 2. The van der Waals surface area contributed by atoms with Gasteiger partial charge in [0, 0.05) is 36.7 Å². The summed E-state index contributed by atoms with van der Waals surface area (Å²) in [4.78, 5) is 2.47. The van der Waals surface area contributed by atoms with Gasteiger partial charge in [0.1, 0.15) is 11.5 Å². The normalized spacial score (nSPS) is 18.2. The third-order valence-corrected chi connectivity index (χ3v) is 6.64. The van der Waals surface area contributed by atoms with Crippen LogP contribution in [0.4, 0.5) is 0 Å². The molecule has 1 saturated heterocycles. The monoisotopic (exact) mass is 457 g/mol. The van der Waals surface area contributed by atoms with Gasteiger partial charge >= 0.3 is 0 Å². The summed E-state index contributed by atoms with van der Waals surface area (Å²) in [6.07, 6.45) is 0.914. The van der Waals surface area contributed by atoms with Crippen molar-refractivity contribution in [1.29, 1.82) is 0 Å². The van der Waals surface area contributed by atoms with Crippen molar-refractivity contribution >= 4 is 5.76 Å². The average Bonchev–Trinajstić information content (AvgIpc) is 2.90. The maximum absolute atomic E-state index is 6.64. The lowest BCUT2D eigenvalue weighted by Gasteiger charge is -2.35. The fourth-order valence-electron chi connectivity index (χ4n) is 4.87. The van der Waals surface area contributed by atoms with Crippen LogP contribution in [-0.4, -0.2) is 52.0 Å². The molecule has 0 amide bonds. The van der Waals surface area contributed by atoms with Gasteiger partial charge in [0.25, 0.3) is 0 Å². The molecule has 5 rings (SSSR count). The zero-order chi connectivity index (χ0) is 23.3. The Kier molecular flexibility index (Phi) is 6.84. The zero-order valence-corrected chi connectivity index (χ0v) is 19.8. The Morgan fingerprint density at radius 1 is 0.853 bits per heavy atom. The van der Waals surface area contributed by atoms with Crippen LogP contribution in [0.3, 0.4) is 0 Å². The number of hydrogen-bond donors (Lipinski definition) is 0. The Labute approximate surface area is 201 Å². The van der Waals surface area contributed by atoms with Gasteiger partial charge in [-0.2, -0.15) is 0 Å². The van der Waals surface area contributed by atoms with Gasteiger partial charge < -0.3 is 18.9 Å². The summed E-state index contributed by atoms with van der Waals surface area (Å²) in [5.41, 5.74) is 4.83. The Morgan fingerprint density at radius 2 is 1.59 bits per heavy atom. The molecule has 0 aliphatic carbocycles. The molecule has 0 spiro atoms. The second kappa shape index (κ2) is 10.3. The molecule has 0 saturated carbocycles. The Morgan fingerprint density at radius 3 is 2.35 bits per heavy atom. The fraction of sp³-hybridized carbons (Fsp3) is 0.310. The van der Waals surface area contributed by atoms with Gasteiger partial charge in [-0.05, 0) is 41.8 Å². The first kappa shape index (κ1) is 22.5. The standard InChI is InChI=1S/C29H31NO4/c1-31-27-13-12-22(19-28(27)32-2)29-25(20-30-14-16-33-17-15-30)24(18-21-8-4-3-5-9-21)23-10-6-7-11-26(23)34-29/h3-13,19,24H,14-18,20H2,1-2H3/t24-/m0/s1. The zero-order valence-electron chi connectivity index (χ0n) is 19.8. The highest BCUT2D eigenvalue weighted by atomic mass is 16.5. The van der Waals surface area contributed by atoms with Gasteiger partial charge in [-0.3, -0.25) is 4.90 Å². The predicted octanol–water partition coefficient (Wildman–Crippen LogP) is 5.17. The largest absolute Gasteiger partial charge is 0.493 e. The van der Waals surface area contributed by atoms with Gasteiger partial charge in [0.15, 0.2) is 11.5 Å². The highest BCUT2D eigenvalue weighted by molar-refractivity contribution is 5.72. The average molecular weight is 458 g/mol. The lowest BCUT2D eigenvalue weighted by molar-refractivity contribution is 0.0415. The smallest absolute Gasteiger partial charge is 0.161 e. The molecule has 0 unspecified atom stereocenters. The van der Waals surface area contributed by atoms with E-state index in [-0.39, 0.29) is 5.92 Å². The number of para-hydroxylation sites is 1. The molecule has 3 aromatic carbocycles. The van der Waals surface area contributed by atoms with Gasteiger partial charge in [-0.1, -0.05) is 48.5 Å². The molecule has 3 aromatic rings. The molecule has 1 atom stereocenters. The van der Waals surface area contributed by atoms with Crippen LogP contribution in [0.15, 0.2) is 78.4 Å². The number of fused-ring (bicyclic) bond motifs is 1. The van der Waals surface area contributed by atoms with E-state index in [1.54, 1.807) is 14.2 Å². The number of hydrogen-bond acceptors (Lipinski definition) is 5. The molecule has 0 radical (unpaired) electrons. The van der Waals surface area contributed by atoms with E-state index in [0.29, 0.717) is 11.5 Å². The van der Waals surface area contributed by atoms with E-state index in [4.69, 9.17) is 18.9 Å². The summed E-state index contributed by atoms with van der Waals surface area (Å²) < 4.78 is 23.3. The quantitative estimate of drug-likeness (QED) is 0.490. The Balaban J connectivity index is 1.63. The van der Waals surface area contributed by atoms with Crippen LogP contribution in [-0.2, 0) is 11.2 Å². The van der Waals surface area contributed by atoms with E-state index >= 15 is 0 Å². The minimum absolute atomic E-state index is 0.207. The topological polar surface area (TPSA) is 40.2 Å². The summed E-state index contributed by atoms with van der Waals surface area (Å²) in [5, 5.41) is 0. The Hall–Kier alpha value is -3.28. The lowest BCUT2D eigenvalue weighted by Crippen LogP contribution is -2.39. The van der Waals surface area contributed by atoms with Gasteiger partial charge in [0.2, 0.25) is 0 Å². The van der Waals surface area contributed by atoms with Crippen molar-refractivity contribution in [3.05, 3.63) is 95.1 Å². The SMILES string of the molecule is COc1ccc(C2=C(CN3CCOCC3)[C@@H](Cc3ccccc3)c3ccccc3O2)cc1OC. The van der Waals surface area contributed by atoms with Crippen LogP contribution in [0.25, 0.3) is 5.76 Å². The highest BCUT2D eigenvalue weighted by Gasteiger charge is 2.32. The molecule has 5 nitrogen and oxygen atoms in total. The summed E-state index contributed by atoms with van der Waals surface area (Å²) in [6.45, 7) is 4.20. The van der Waals surface area contributed by atoms with Crippen molar-refractivity contribution in [2.75, 3.05) is 47.1 Å². The highest BCUT2D eigenvalue weighted by Crippen LogP contribution is 2.45. The minimum Gasteiger partial charge on any atom is -0.493 e. The Bertz CT molecular complexity index is 1150. The first-order valence-corrected chi connectivity index (χ1v) is 11.8. The van der Waals surface area contributed by atoms with E-state index in [1.807, 2.05) is 18.2 Å². The van der Waals surface area contributed by atoms with Crippen molar-refractivity contribution in [1.82, 2.24) is 4.90 Å². The number of benzene rings is 3. The number of nitrogens with zero attached hydrogens (tertiary/aromatic N) is 1. The molecule has 176 valence electrons. The number of morpholine rings is 1. The lowest BCUT2D eigenvalue weighted by atomic mass is 9.81. The van der Waals surface area contributed by atoms with Crippen LogP contribution in [0.1, 0.15) is 22.6 Å². The molecule has 1 fully saturated rings. The van der Waals surface area contributed by atoms with Gasteiger partial charge in [-0.15, -0.1) is 0 Å². The molecule has 0 aromatic heterocycles.